The van der Waals surface area contributed by atoms with Crippen LogP contribution in [0.4, 0.5) is 20.2 Å². The predicted octanol–water partition coefficient (Wildman–Crippen LogP) is 1.84. The van der Waals surface area contributed by atoms with Gasteiger partial charge in [-0.2, -0.15) is 4.39 Å². The van der Waals surface area contributed by atoms with E-state index in [4.69, 9.17) is 5.11 Å². The summed E-state index contributed by atoms with van der Waals surface area (Å²) in [5.74, 6) is -1.95. The standard InChI is InChI=1S/C18H16BrF2N3O4/c1-23-13-4-5-24(7-10(26)8-25)17(27)14(13)16(15(21)18(23)28)22-12-3-2-9(19)6-11(12)20/h2-6,10,22,25-26H,7-8H2,1H3/t10-/m0/s1. The minimum Gasteiger partial charge on any atom is -0.394 e. The van der Waals surface area contributed by atoms with Crippen LogP contribution in [-0.2, 0) is 13.6 Å². The lowest BCUT2D eigenvalue weighted by Gasteiger charge is -2.16. The number of hydrogen-bond acceptors (Lipinski definition) is 5. The van der Waals surface area contributed by atoms with E-state index in [1.54, 1.807) is 0 Å². The number of aliphatic hydroxyl groups excluding tert-OH is 2. The maximum atomic E-state index is 14.8. The van der Waals surface area contributed by atoms with Gasteiger partial charge in [0.1, 0.15) is 5.82 Å². The molecule has 1 aromatic carbocycles. The number of pyridine rings is 2. The molecule has 0 radical (unpaired) electrons. The number of hydrogen-bond donors (Lipinski definition) is 3. The molecule has 10 heteroatoms. The summed E-state index contributed by atoms with van der Waals surface area (Å²) in [6.45, 7) is -0.802. The van der Waals surface area contributed by atoms with Crippen molar-refractivity contribution in [1.82, 2.24) is 9.13 Å². The highest BCUT2D eigenvalue weighted by Gasteiger charge is 2.20. The van der Waals surface area contributed by atoms with Crippen LogP contribution in [-0.4, -0.2) is 32.1 Å². The summed E-state index contributed by atoms with van der Waals surface area (Å²) in [5, 5.41) is 20.9. The summed E-state index contributed by atoms with van der Waals surface area (Å²) >= 11 is 3.12. The Hall–Kier alpha value is -2.56. The number of fused-ring (bicyclic) bond motifs is 1. The molecule has 2 heterocycles. The molecular formula is C18H16BrF2N3O4. The third kappa shape index (κ3) is 3.58. The molecule has 1 atom stereocenters. The van der Waals surface area contributed by atoms with E-state index in [9.17, 15) is 23.5 Å². The zero-order valence-electron chi connectivity index (χ0n) is 14.6. The van der Waals surface area contributed by atoms with Gasteiger partial charge in [-0.25, -0.2) is 4.39 Å². The van der Waals surface area contributed by atoms with Gasteiger partial charge in [0.2, 0.25) is 5.82 Å². The normalized spacial score (nSPS) is 12.4. The Labute approximate surface area is 165 Å². The molecule has 0 bridgehead atoms. The van der Waals surface area contributed by atoms with Crippen molar-refractivity contribution in [3.05, 3.63) is 67.3 Å². The van der Waals surface area contributed by atoms with Crippen LogP contribution >= 0.6 is 15.9 Å². The van der Waals surface area contributed by atoms with Crippen molar-refractivity contribution in [3.8, 4) is 0 Å². The molecule has 2 aromatic heterocycles. The quantitative estimate of drug-likeness (QED) is 0.545. The van der Waals surface area contributed by atoms with E-state index < -0.39 is 41.2 Å². The van der Waals surface area contributed by atoms with Crippen molar-refractivity contribution in [2.24, 2.45) is 7.05 Å². The summed E-state index contributed by atoms with van der Waals surface area (Å²) in [4.78, 5) is 25.1. The van der Waals surface area contributed by atoms with Crippen LogP contribution in [0.25, 0.3) is 10.9 Å². The molecule has 0 amide bonds. The first-order valence-corrected chi connectivity index (χ1v) is 8.96. The van der Waals surface area contributed by atoms with Gasteiger partial charge in [-0.05, 0) is 24.3 Å². The van der Waals surface area contributed by atoms with Gasteiger partial charge in [0.25, 0.3) is 11.1 Å². The predicted molar refractivity (Wildman–Crippen MR) is 104 cm³/mol. The number of nitrogens with one attached hydrogen (secondary N) is 1. The highest BCUT2D eigenvalue weighted by atomic mass is 79.9. The van der Waals surface area contributed by atoms with Gasteiger partial charge in [-0.3, -0.25) is 9.59 Å². The van der Waals surface area contributed by atoms with Gasteiger partial charge in [-0.1, -0.05) is 15.9 Å². The topological polar surface area (TPSA) is 96.5 Å². The molecule has 0 unspecified atom stereocenters. The summed E-state index contributed by atoms with van der Waals surface area (Å²) in [6, 6.07) is 5.41. The minimum absolute atomic E-state index is 0.123. The van der Waals surface area contributed by atoms with Crippen molar-refractivity contribution < 1.29 is 19.0 Å². The number of benzene rings is 1. The highest BCUT2D eigenvalue weighted by molar-refractivity contribution is 9.10. The van der Waals surface area contributed by atoms with E-state index in [0.717, 1.165) is 15.2 Å². The Bertz CT molecular complexity index is 1180. The average Bonchev–Trinajstić information content (AvgIpc) is 2.66. The van der Waals surface area contributed by atoms with Crippen LogP contribution in [0, 0.1) is 11.6 Å². The number of aliphatic hydroxyl groups is 2. The van der Waals surface area contributed by atoms with Crippen LogP contribution in [0.2, 0.25) is 0 Å². The highest BCUT2D eigenvalue weighted by Crippen LogP contribution is 2.28. The Morgan fingerprint density at radius 2 is 1.93 bits per heavy atom. The van der Waals surface area contributed by atoms with Gasteiger partial charge in [0.05, 0.1) is 41.5 Å². The van der Waals surface area contributed by atoms with Gasteiger partial charge in [0, 0.05) is 17.7 Å². The molecule has 3 rings (SSSR count). The molecule has 3 N–H and O–H groups in total. The van der Waals surface area contributed by atoms with E-state index >= 15 is 0 Å². The van der Waals surface area contributed by atoms with Crippen LogP contribution in [0.1, 0.15) is 0 Å². The van der Waals surface area contributed by atoms with Crippen LogP contribution in [0.5, 0.6) is 0 Å². The van der Waals surface area contributed by atoms with E-state index in [-0.39, 0.29) is 23.1 Å². The zero-order chi connectivity index (χ0) is 20.6. The maximum Gasteiger partial charge on any atom is 0.289 e. The number of anilines is 2. The van der Waals surface area contributed by atoms with Gasteiger partial charge >= 0.3 is 0 Å². The molecule has 28 heavy (non-hydrogen) atoms. The lowest BCUT2D eigenvalue weighted by atomic mass is 10.2. The summed E-state index contributed by atoms with van der Waals surface area (Å²) in [6.07, 6.45) is 0.123. The lowest BCUT2D eigenvalue weighted by Crippen LogP contribution is -2.31. The molecular weight excluding hydrogens is 440 g/mol. The van der Waals surface area contributed by atoms with Gasteiger partial charge in [0.15, 0.2) is 0 Å². The fourth-order valence-corrected chi connectivity index (χ4v) is 3.16. The van der Waals surface area contributed by atoms with Crippen LogP contribution < -0.4 is 16.4 Å². The number of aryl methyl sites for hydroxylation is 1. The Balaban J connectivity index is 2.29. The van der Waals surface area contributed by atoms with Crippen molar-refractivity contribution in [3.63, 3.8) is 0 Å². The van der Waals surface area contributed by atoms with Crippen molar-refractivity contribution in [1.29, 1.82) is 0 Å². The fraction of sp³-hybridized carbons (Fsp3) is 0.222. The van der Waals surface area contributed by atoms with E-state index in [2.05, 4.69) is 21.2 Å². The molecule has 148 valence electrons. The van der Waals surface area contributed by atoms with E-state index in [1.165, 1.54) is 31.4 Å². The molecule has 0 saturated carbocycles. The summed E-state index contributed by atoms with van der Waals surface area (Å²) in [5.41, 5.74) is -2.15. The maximum absolute atomic E-state index is 14.8. The number of rotatable bonds is 5. The Kier molecular flexibility index (Phi) is 5.64. The number of aromatic nitrogens is 2. The third-order valence-corrected chi connectivity index (χ3v) is 4.77. The molecule has 0 spiro atoms. The van der Waals surface area contributed by atoms with Crippen molar-refractivity contribution in [2.45, 2.75) is 12.6 Å². The second-order valence-corrected chi connectivity index (χ2v) is 7.09. The average molecular weight is 456 g/mol. The monoisotopic (exact) mass is 455 g/mol. The Morgan fingerprint density at radius 3 is 2.57 bits per heavy atom. The van der Waals surface area contributed by atoms with E-state index in [1.807, 2.05) is 0 Å². The molecule has 7 nitrogen and oxygen atoms in total. The largest absolute Gasteiger partial charge is 0.394 e. The molecule has 0 aliphatic heterocycles. The molecule has 0 aliphatic rings. The molecule has 0 aliphatic carbocycles. The SMILES string of the molecule is Cn1c(=O)c(F)c(Nc2ccc(Br)cc2F)c2c(=O)n(C[C@H](O)CO)ccc21. The second kappa shape index (κ2) is 7.82. The lowest BCUT2D eigenvalue weighted by molar-refractivity contribution is 0.0805. The van der Waals surface area contributed by atoms with E-state index in [0.29, 0.717) is 4.47 Å². The number of halogens is 3. The first-order valence-electron chi connectivity index (χ1n) is 8.17. The first-order chi connectivity index (χ1) is 13.2. The smallest absolute Gasteiger partial charge is 0.289 e. The zero-order valence-corrected chi connectivity index (χ0v) is 16.2. The van der Waals surface area contributed by atoms with Gasteiger partial charge in [-0.15, -0.1) is 0 Å². The third-order valence-electron chi connectivity index (χ3n) is 4.28. The number of nitrogens with zero attached hydrogens (tertiary/aromatic N) is 2. The van der Waals surface area contributed by atoms with Crippen LogP contribution in [0.3, 0.4) is 0 Å². The van der Waals surface area contributed by atoms with Crippen molar-refractivity contribution in [2.75, 3.05) is 11.9 Å². The molecule has 0 fully saturated rings. The minimum atomic E-state index is -1.24. The summed E-state index contributed by atoms with van der Waals surface area (Å²) in [7, 11) is 1.31. The summed E-state index contributed by atoms with van der Waals surface area (Å²) < 4.78 is 31.5. The fourth-order valence-electron chi connectivity index (χ4n) is 2.82. The first kappa shape index (κ1) is 20.2. The van der Waals surface area contributed by atoms with Gasteiger partial charge < -0.3 is 24.7 Å². The van der Waals surface area contributed by atoms with Crippen molar-refractivity contribution >= 4 is 38.2 Å². The molecule has 3 aromatic rings. The Morgan fingerprint density at radius 1 is 1.21 bits per heavy atom. The second-order valence-electron chi connectivity index (χ2n) is 6.17. The molecule has 0 saturated heterocycles. The van der Waals surface area contributed by atoms with Crippen LogP contribution in [0.15, 0.2) is 44.5 Å².